The van der Waals surface area contributed by atoms with Crippen LogP contribution in [0.4, 0.5) is 5.69 Å². The third-order valence-corrected chi connectivity index (χ3v) is 5.95. The van der Waals surface area contributed by atoms with E-state index in [1.165, 1.54) is 34.6 Å². The molecular formula is C15H19N3O5S. The smallest absolute Gasteiger partial charge is 0.269 e. The second kappa shape index (κ2) is 7.10. The van der Waals surface area contributed by atoms with Crippen LogP contribution in [0.5, 0.6) is 0 Å². The number of carbonyl (C=O) groups is 1. The van der Waals surface area contributed by atoms with Crippen molar-refractivity contribution < 1.29 is 18.1 Å². The summed E-state index contributed by atoms with van der Waals surface area (Å²) in [5.74, 6) is -0.339. The van der Waals surface area contributed by atoms with Crippen LogP contribution in [0.2, 0.25) is 0 Å². The molecule has 1 N–H and O–H groups in total. The van der Waals surface area contributed by atoms with Gasteiger partial charge in [-0.1, -0.05) is 13.5 Å². The summed E-state index contributed by atoms with van der Waals surface area (Å²) in [5, 5.41) is 13.5. The highest BCUT2D eigenvalue weighted by Gasteiger charge is 2.34. The van der Waals surface area contributed by atoms with Crippen molar-refractivity contribution in [3.8, 4) is 0 Å². The Morgan fingerprint density at radius 1 is 1.42 bits per heavy atom. The van der Waals surface area contributed by atoms with E-state index < -0.39 is 14.9 Å². The molecule has 8 nitrogen and oxygen atoms in total. The van der Waals surface area contributed by atoms with Gasteiger partial charge >= 0.3 is 0 Å². The predicted octanol–water partition coefficient (Wildman–Crippen LogP) is 1.30. The zero-order valence-corrected chi connectivity index (χ0v) is 14.0. The lowest BCUT2D eigenvalue weighted by Crippen LogP contribution is -2.51. The van der Waals surface area contributed by atoms with Gasteiger partial charge in [-0.3, -0.25) is 14.9 Å². The predicted molar refractivity (Wildman–Crippen MR) is 87.8 cm³/mol. The zero-order chi connectivity index (χ0) is 17.9. The first-order chi connectivity index (χ1) is 11.3. The van der Waals surface area contributed by atoms with Crippen molar-refractivity contribution >= 4 is 21.6 Å². The maximum Gasteiger partial charge on any atom is 0.269 e. The number of amides is 1. The highest BCUT2D eigenvalue weighted by molar-refractivity contribution is 7.89. The number of non-ortho nitro benzene ring substituents is 1. The number of hydrogen-bond acceptors (Lipinski definition) is 5. The van der Waals surface area contributed by atoms with Crippen molar-refractivity contribution in [3.05, 3.63) is 47.0 Å². The van der Waals surface area contributed by atoms with Crippen molar-refractivity contribution in [2.45, 2.75) is 24.3 Å². The quantitative estimate of drug-likeness (QED) is 0.487. The Hall–Kier alpha value is -2.26. The van der Waals surface area contributed by atoms with Gasteiger partial charge in [0, 0.05) is 31.3 Å². The molecule has 0 spiro atoms. The average Bonchev–Trinajstić information content (AvgIpc) is 2.56. The molecule has 24 heavy (non-hydrogen) atoms. The van der Waals surface area contributed by atoms with E-state index in [-0.39, 0.29) is 41.5 Å². The lowest BCUT2D eigenvalue weighted by Gasteiger charge is -2.36. The van der Waals surface area contributed by atoms with Gasteiger partial charge in [-0.25, -0.2) is 8.42 Å². The summed E-state index contributed by atoms with van der Waals surface area (Å²) in [5.41, 5.74) is -0.159. The van der Waals surface area contributed by atoms with E-state index in [4.69, 9.17) is 0 Å². The van der Waals surface area contributed by atoms with E-state index in [1.807, 2.05) is 6.92 Å². The van der Waals surface area contributed by atoms with Crippen LogP contribution in [-0.4, -0.2) is 42.7 Å². The number of nitro benzene ring substituents is 1. The lowest BCUT2D eigenvalue weighted by atomic mass is 9.95. The summed E-state index contributed by atoms with van der Waals surface area (Å²) < 4.78 is 26.6. The molecule has 1 amide bonds. The normalized spacial score (nSPS) is 21.9. The molecule has 1 aromatic carbocycles. The fourth-order valence-corrected chi connectivity index (χ4v) is 4.23. The van der Waals surface area contributed by atoms with Gasteiger partial charge < -0.3 is 5.32 Å². The molecule has 130 valence electrons. The Morgan fingerprint density at radius 3 is 2.54 bits per heavy atom. The molecule has 1 saturated heterocycles. The summed E-state index contributed by atoms with van der Waals surface area (Å²) in [7, 11) is -3.72. The summed E-state index contributed by atoms with van der Waals surface area (Å²) in [6, 6.07) is 4.72. The van der Waals surface area contributed by atoms with Gasteiger partial charge in [0.1, 0.15) is 0 Å². The minimum Gasteiger partial charge on any atom is -0.349 e. The van der Waals surface area contributed by atoms with E-state index in [9.17, 15) is 23.3 Å². The van der Waals surface area contributed by atoms with Crippen LogP contribution in [-0.2, 0) is 14.8 Å². The van der Waals surface area contributed by atoms with Crippen LogP contribution < -0.4 is 5.32 Å². The van der Waals surface area contributed by atoms with Crippen LogP contribution in [0.15, 0.2) is 41.8 Å². The molecule has 0 aromatic heterocycles. The van der Waals surface area contributed by atoms with Crippen molar-refractivity contribution in [3.63, 3.8) is 0 Å². The minimum atomic E-state index is -3.72. The zero-order valence-electron chi connectivity index (χ0n) is 13.2. The second-order valence-electron chi connectivity index (χ2n) is 5.70. The number of nitrogens with zero attached hydrogens (tertiary/aromatic N) is 2. The molecule has 2 rings (SSSR count). The number of rotatable bonds is 5. The Kier molecular flexibility index (Phi) is 5.35. The highest BCUT2D eigenvalue weighted by atomic mass is 32.2. The first kappa shape index (κ1) is 18.1. The van der Waals surface area contributed by atoms with Crippen LogP contribution in [0.3, 0.4) is 0 Å². The molecule has 0 bridgehead atoms. The van der Waals surface area contributed by atoms with Crippen LogP contribution >= 0.6 is 0 Å². The Labute approximate surface area is 140 Å². The van der Waals surface area contributed by atoms with Gasteiger partial charge in [-0.05, 0) is 30.5 Å². The molecule has 2 atom stereocenters. The van der Waals surface area contributed by atoms with Crippen molar-refractivity contribution in [1.29, 1.82) is 0 Å². The van der Waals surface area contributed by atoms with E-state index in [1.54, 1.807) is 0 Å². The molecule has 9 heteroatoms. The molecule has 1 heterocycles. The maximum absolute atomic E-state index is 12.7. The molecule has 2 unspecified atom stereocenters. The number of nitrogens with one attached hydrogen (secondary N) is 1. The largest absolute Gasteiger partial charge is 0.349 e. The lowest BCUT2D eigenvalue weighted by molar-refractivity contribution is -0.384. The van der Waals surface area contributed by atoms with Gasteiger partial charge in [-0.2, -0.15) is 4.31 Å². The SMILES string of the molecule is C=CC(=O)NC1CCN(S(=O)(=O)c2ccc([N+](=O)[O-])cc2)CC1C. The fraction of sp³-hybridized carbons (Fsp3) is 0.400. The van der Waals surface area contributed by atoms with Crippen molar-refractivity contribution in [2.24, 2.45) is 5.92 Å². The molecule has 1 aliphatic heterocycles. The Bertz CT molecular complexity index is 745. The van der Waals surface area contributed by atoms with E-state index in [0.717, 1.165) is 0 Å². The van der Waals surface area contributed by atoms with Gasteiger partial charge in [0.15, 0.2) is 0 Å². The van der Waals surface area contributed by atoms with E-state index in [2.05, 4.69) is 11.9 Å². The summed E-state index contributed by atoms with van der Waals surface area (Å²) >= 11 is 0. The number of carbonyl (C=O) groups excluding carboxylic acids is 1. The first-order valence-corrected chi connectivity index (χ1v) is 8.87. The van der Waals surface area contributed by atoms with Gasteiger partial charge in [0.05, 0.1) is 9.82 Å². The summed E-state index contributed by atoms with van der Waals surface area (Å²) in [4.78, 5) is 21.5. The third kappa shape index (κ3) is 3.80. The molecule has 0 saturated carbocycles. The standard InChI is InChI=1S/C15H19N3O5S/c1-3-15(19)16-14-8-9-17(10-11(14)2)24(22,23)13-6-4-12(5-7-13)18(20)21/h3-7,11,14H,1,8-10H2,2H3,(H,16,19). The third-order valence-electron chi connectivity index (χ3n) is 4.07. The maximum atomic E-state index is 12.7. The molecular weight excluding hydrogens is 334 g/mol. The van der Waals surface area contributed by atoms with Crippen molar-refractivity contribution in [2.75, 3.05) is 13.1 Å². The highest BCUT2D eigenvalue weighted by Crippen LogP contribution is 2.25. The Balaban J connectivity index is 2.12. The van der Waals surface area contributed by atoms with Gasteiger partial charge in [-0.15, -0.1) is 0 Å². The molecule has 1 aliphatic rings. The van der Waals surface area contributed by atoms with E-state index >= 15 is 0 Å². The van der Waals surface area contributed by atoms with Crippen LogP contribution in [0, 0.1) is 16.0 Å². The van der Waals surface area contributed by atoms with Crippen molar-refractivity contribution in [1.82, 2.24) is 9.62 Å². The Morgan fingerprint density at radius 2 is 2.04 bits per heavy atom. The topological polar surface area (TPSA) is 110 Å². The monoisotopic (exact) mass is 353 g/mol. The van der Waals surface area contributed by atoms with Gasteiger partial charge in [0.25, 0.3) is 5.69 Å². The fourth-order valence-electron chi connectivity index (χ4n) is 2.67. The molecule has 1 fully saturated rings. The number of hydrogen-bond donors (Lipinski definition) is 1. The first-order valence-electron chi connectivity index (χ1n) is 7.43. The number of sulfonamides is 1. The van der Waals surface area contributed by atoms with Crippen LogP contribution in [0.1, 0.15) is 13.3 Å². The molecule has 1 aromatic rings. The second-order valence-corrected chi connectivity index (χ2v) is 7.64. The van der Waals surface area contributed by atoms with Crippen LogP contribution in [0.25, 0.3) is 0 Å². The summed E-state index contributed by atoms with van der Waals surface area (Å²) in [6.45, 7) is 5.80. The minimum absolute atomic E-state index is 0.0221. The number of nitro groups is 1. The number of piperidine rings is 1. The molecule has 0 aliphatic carbocycles. The van der Waals surface area contributed by atoms with Gasteiger partial charge in [0.2, 0.25) is 15.9 Å². The summed E-state index contributed by atoms with van der Waals surface area (Å²) in [6.07, 6.45) is 1.68. The molecule has 0 radical (unpaired) electrons. The average molecular weight is 353 g/mol. The van der Waals surface area contributed by atoms with E-state index in [0.29, 0.717) is 6.42 Å². The number of benzene rings is 1.